The highest BCUT2D eigenvalue weighted by Crippen LogP contribution is 2.38. The van der Waals surface area contributed by atoms with E-state index in [-0.39, 0.29) is 5.41 Å². The van der Waals surface area contributed by atoms with Crippen molar-refractivity contribution in [2.45, 2.75) is 25.2 Å². The van der Waals surface area contributed by atoms with Gasteiger partial charge in [0.25, 0.3) is 0 Å². The topological polar surface area (TPSA) is 44.8 Å². The third-order valence-electron chi connectivity index (χ3n) is 5.93. The van der Waals surface area contributed by atoms with Crippen molar-refractivity contribution >= 4 is 22.4 Å². The molecule has 3 aromatic heterocycles. The second-order valence-electron chi connectivity index (χ2n) is 8.77. The number of fused-ring (bicyclic) bond motifs is 1. The van der Waals surface area contributed by atoms with E-state index in [4.69, 9.17) is 4.98 Å². The van der Waals surface area contributed by atoms with E-state index in [1.54, 1.807) is 17.5 Å². The summed E-state index contributed by atoms with van der Waals surface area (Å²) >= 11 is 1.66. The van der Waals surface area contributed by atoms with Crippen LogP contribution in [-0.2, 0) is 5.41 Å². The van der Waals surface area contributed by atoms with Gasteiger partial charge in [-0.15, -0.1) is 24.5 Å². The molecule has 32 heavy (non-hydrogen) atoms. The first-order valence-corrected chi connectivity index (χ1v) is 11.7. The van der Waals surface area contributed by atoms with Crippen LogP contribution in [0, 0.1) is 0 Å². The fraction of sp³-hybridized carbons (Fsp3) is 0.259. The van der Waals surface area contributed by atoms with Gasteiger partial charge in [-0.3, -0.25) is 0 Å². The predicted molar refractivity (Wildman–Crippen MR) is 137 cm³/mol. The molecule has 0 saturated heterocycles. The second kappa shape index (κ2) is 9.23. The molecule has 1 atom stereocenters. The maximum Gasteiger partial charge on any atom is 0.137 e. The molecule has 4 rings (SSSR count). The van der Waals surface area contributed by atoms with Crippen molar-refractivity contribution in [3.8, 4) is 21.8 Å². The number of allylic oxidation sites excluding steroid dienone is 2. The fourth-order valence-electron chi connectivity index (χ4n) is 4.24. The van der Waals surface area contributed by atoms with Crippen LogP contribution in [0.3, 0.4) is 0 Å². The number of nitrogens with zero attached hydrogens (tertiary/aromatic N) is 3. The zero-order valence-corrected chi connectivity index (χ0v) is 19.9. The van der Waals surface area contributed by atoms with Crippen LogP contribution in [0.5, 0.6) is 0 Å². The molecule has 0 spiro atoms. The van der Waals surface area contributed by atoms with Crippen LogP contribution in [0.1, 0.15) is 25.3 Å². The Morgan fingerprint density at radius 3 is 2.84 bits per heavy atom. The first-order valence-electron chi connectivity index (χ1n) is 10.8. The van der Waals surface area contributed by atoms with E-state index in [1.807, 2.05) is 12.3 Å². The van der Waals surface area contributed by atoms with E-state index in [0.717, 1.165) is 57.8 Å². The lowest BCUT2D eigenvalue weighted by atomic mass is 9.73. The van der Waals surface area contributed by atoms with E-state index in [9.17, 15) is 0 Å². The Morgan fingerprint density at radius 2 is 2.09 bits per heavy atom. The lowest BCUT2D eigenvalue weighted by Gasteiger charge is -2.33. The van der Waals surface area contributed by atoms with E-state index in [2.05, 4.69) is 90.8 Å². The van der Waals surface area contributed by atoms with Gasteiger partial charge in [0.05, 0.1) is 5.69 Å². The zero-order valence-electron chi connectivity index (χ0n) is 19.1. The first-order chi connectivity index (χ1) is 15.4. The van der Waals surface area contributed by atoms with E-state index in [1.165, 1.54) is 5.56 Å². The van der Waals surface area contributed by atoms with Crippen LogP contribution in [0.15, 0.2) is 79.0 Å². The normalized spacial score (nSPS) is 13.4. The summed E-state index contributed by atoms with van der Waals surface area (Å²) in [6, 6.07) is 12.8. The largest absolute Gasteiger partial charge is 0.345 e. The van der Waals surface area contributed by atoms with Gasteiger partial charge in [0.1, 0.15) is 10.7 Å². The second-order valence-corrected chi connectivity index (χ2v) is 9.63. The van der Waals surface area contributed by atoms with Crippen LogP contribution in [-0.4, -0.2) is 40.5 Å². The molecule has 1 unspecified atom stereocenters. The van der Waals surface area contributed by atoms with Gasteiger partial charge in [-0.1, -0.05) is 29.8 Å². The van der Waals surface area contributed by atoms with Gasteiger partial charge >= 0.3 is 0 Å². The molecular formula is C27H30N4S. The molecule has 0 fully saturated rings. The zero-order chi connectivity index (χ0) is 22.7. The van der Waals surface area contributed by atoms with E-state index >= 15 is 0 Å². The Labute approximate surface area is 194 Å². The SMILES string of the molecule is C=CC(CCN(C)C)(CC(=C)C)c1cccc(-c2csc(-c3c[nH]c4ncccc34)n2)c1. The molecule has 0 radical (unpaired) electrons. The van der Waals surface area contributed by atoms with Gasteiger partial charge in [0.2, 0.25) is 0 Å². The predicted octanol–water partition coefficient (Wildman–Crippen LogP) is 6.70. The molecule has 0 bridgehead atoms. The Balaban J connectivity index is 1.71. The number of aromatic amines is 1. The molecule has 164 valence electrons. The summed E-state index contributed by atoms with van der Waals surface area (Å²) < 4.78 is 0. The number of nitrogens with one attached hydrogen (secondary N) is 1. The van der Waals surface area contributed by atoms with Crippen LogP contribution >= 0.6 is 11.3 Å². The standard InChI is InChI=1S/C27H30N4S/c1-6-27(16-19(2)3,12-14-31(4)5)21-10-7-9-20(15-21)24-18-32-26(30-24)23-17-29-25-22(23)11-8-13-28-25/h6-11,13,15,17-18H,1-2,12,14,16H2,3-5H3,(H,28,29). The molecule has 0 amide bonds. The maximum atomic E-state index is 4.98. The maximum absolute atomic E-state index is 4.98. The van der Waals surface area contributed by atoms with Crippen molar-refractivity contribution in [2.75, 3.05) is 20.6 Å². The van der Waals surface area contributed by atoms with Gasteiger partial charge in [-0.05, 0) is 64.2 Å². The van der Waals surface area contributed by atoms with Gasteiger partial charge in [0, 0.05) is 39.7 Å². The number of rotatable bonds is 9. The Hall–Kier alpha value is -3.02. The number of benzene rings is 1. The molecule has 1 N–H and O–H groups in total. The number of thiazole rings is 1. The molecule has 0 saturated carbocycles. The molecule has 0 aliphatic rings. The molecule has 0 aliphatic heterocycles. The summed E-state index contributed by atoms with van der Waals surface area (Å²) in [5.74, 6) is 0. The third-order valence-corrected chi connectivity index (χ3v) is 6.81. The highest BCUT2D eigenvalue weighted by atomic mass is 32.1. The fourth-order valence-corrected chi connectivity index (χ4v) is 5.10. The minimum atomic E-state index is -0.145. The molecule has 5 heteroatoms. The van der Waals surface area contributed by atoms with Crippen molar-refractivity contribution in [1.29, 1.82) is 0 Å². The Kier molecular flexibility index (Phi) is 6.40. The van der Waals surface area contributed by atoms with Crippen molar-refractivity contribution in [1.82, 2.24) is 19.9 Å². The summed E-state index contributed by atoms with van der Waals surface area (Å²) in [7, 11) is 4.23. The van der Waals surface area contributed by atoms with E-state index < -0.39 is 0 Å². The highest BCUT2D eigenvalue weighted by molar-refractivity contribution is 7.13. The van der Waals surface area contributed by atoms with Crippen molar-refractivity contribution in [3.05, 3.63) is 84.5 Å². The molecule has 3 heterocycles. The number of hydrogen-bond acceptors (Lipinski definition) is 4. The van der Waals surface area contributed by atoms with Crippen LogP contribution < -0.4 is 0 Å². The smallest absolute Gasteiger partial charge is 0.137 e. The average molecular weight is 443 g/mol. The van der Waals surface area contributed by atoms with Crippen LogP contribution in [0.4, 0.5) is 0 Å². The number of H-pyrrole nitrogens is 1. The molecule has 4 nitrogen and oxygen atoms in total. The van der Waals surface area contributed by atoms with E-state index in [0.29, 0.717) is 0 Å². The number of aromatic nitrogens is 3. The van der Waals surface area contributed by atoms with Gasteiger partial charge in [-0.2, -0.15) is 0 Å². The number of pyridine rings is 1. The van der Waals surface area contributed by atoms with Crippen LogP contribution in [0.2, 0.25) is 0 Å². The Bertz CT molecular complexity index is 1250. The summed E-state index contributed by atoms with van der Waals surface area (Å²) in [5, 5.41) is 4.23. The van der Waals surface area contributed by atoms with Gasteiger partial charge in [-0.25, -0.2) is 9.97 Å². The molecule has 1 aromatic carbocycles. The lowest BCUT2D eigenvalue weighted by molar-refractivity contribution is 0.347. The van der Waals surface area contributed by atoms with Gasteiger partial charge in [0.15, 0.2) is 0 Å². The minimum Gasteiger partial charge on any atom is -0.345 e. The quantitative estimate of drug-likeness (QED) is 0.294. The minimum absolute atomic E-state index is 0.145. The van der Waals surface area contributed by atoms with Crippen LogP contribution in [0.25, 0.3) is 32.9 Å². The highest BCUT2D eigenvalue weighted by Gasteiger charge is 2.29. The number of hydrogen-bond donors (Lipinski definition) is 1. The summed E-state index contributed by atoms with van der Waals surface area (Å²) in [4.78, 5) is 14.8. The molecule has 0 aliphatic carbocycles. The van der Waals surface area contributed by atoms with Gasteiger partial charge < -0.3 is 9.88 Å². The monoisotopic (exact) mass is 442 g/mol. The summed E-state index contributed by atoms with van der Waals surface area (Å²) in [6.45, 7) is 11.5. The van der Waals surface area contributed by atoms with Crippen molar-refractivity contribution in [2.24, 2.45) is 0 Å². The summed E-state index contributed by atoms with van der Waals surface area (Å²) in [5.41, 5.74) is 6.38. The molecule has 4 aromatic rings. The third kappa shape index (κ3) is 4.45. The van der Waals surface area contributed by atoms with Crippen molar-refractivity contribution in [3.63, 3.8) is 0 Å². The molecular weight excluding hydrogens is 412 g/mol. The summed E-state index contributed by atoms with van der Waals surface area (Å²) in [6.07, 6.45) is 7.78. The lowest BCUT2D eigenvalue weighted by Crippen LogP contribution is -2.29. The van der Waals surface area contributed by atoms with Crippen molar-refractivity contribution < 1.29 is 0 Å². The first kappa shape index (κ1) is 22.2. The average Bonchev–Trinajstić information content (AvgIpc) is 3.43. The Morgan fingerprint density at radius 1 is 1.25 bits per heavy atom.